The molecule has 0 amide bonds. The fourth-order valence-electron chi connectivity index (χ4n) is 2.33. The van der Waals surface area contributed by atoms with Crippen LogP contribution in [0, 0.1) is 0 Å². The van der Waals surface area contributed by atoms with E-state index in [2.05, 4.69) is 10.2 Å². The number of hydrogen-bond acceptors (Lipinski definition) is 5. The van der Waals surface area contributed by atoms with Crippen LogP contribution < -0.4 is 9.58 Å². The number of azo groups is 1. The smallest absolute Gasteiger partial charge is 0.264 e. The van der Waals surface area contributed by atoms with Crippen molar-refractivity contribution in [3.05, 3.63) is 36.5 Å². The minimum atomic E-state index is -3.90. The van der Waals surface area contributed by atoms with Crippen LogP contribution in [0.1, 0.15) is 12.8 Å². The van der Waals surface area contributed by atoms with Gasteiger partial charge < -0.3 is 4.90 Å². The molecule has 0 spiro atoms. The normalized spacial score (nSPS) is 12.0. The SMILES string of the molecule is CN(C)c1ccc(N=Nc2cc[n+](C)n2CCCCS(=O)(=O)O)cc1. The summed E-state index contributed by atoms with van der Waals surface area (Å²) in [6.45, 7) is 0.590. The molecule has 1 N–H and O–H groups in total. The van der Waals surface area contributed by atoms with Crippen molar-refractivity contribution in [1.82, 2.24) is 4.68 Å². The highest BCUT2D eigenvalue weighted by Gasteiger charge is 2.12. The largest absolute Gasteiger partial charge is 0.378 e. The first-order chi connectivity index (χ1) is 11.8. The highest BCUT2D eigenvalue weighted by Crippen LogP contribution is 2.21. The Morgan fingerprint density at radius 2 is 1.80 bits per heavy atom. The number of nitrogens with zero attached hydrogens (tertiary/aromatic N) is 5. The van der Waals surface area contributed by atoms with E-state index in [9.17, 15) is 8.42 Å². The molecule has 0 saturated heterocycles. The molecular weight excluding hydrogens is 342 g/mol. The van der Waals surface area contributed by atoms with E-state index in [4.69, 9.17) is 4.55 Å². The van der Waals surface area contributed by atoms with Crippen LogP contribution in [0.4, 0.5) is 17.2 Å². The molecule has 25 heavy (non-hydrogen) atoms. The molecule has 2 rings (SSSR count). The van der Waals surface area contributed by atoms with Gasteiger partial charge in [-0.15, -0.1) is 19.6 Å². The number of rotatable bonds is 8. The summed E-state index contributed by atoms with van der Waals surface area (Å²) >= 11 is 0. The van der Waals surface area contributed by atoms with Crippen molar-refractivity contribution in [3.63, 3.8) is 0 Å². The second kappa shape index (κ2) is 8.21. The zero-order valence-electron chi connectivity index (χ0n) is 14.7. The lowest BCUT2D eigenvalue weighted by Gasteiger charge is -2.11. The van der Waals surface area contributed by atoms with E-state index in [1.807, 2.05) is 71.9 Å². The van der Waals surface area contributed by atoms with Gasteiger partial charge in [0.15, 0.2) is 13.2 Å². The molecular formula is C16H24N5O3S+. The third-order valence-electron chi connectivity index (χ3n) is 3.74. The minimum Gasteiger partial charge on any atom is -0.378 e. The van der Waals surface area contributed by atoms with Gasteiger partial charge in [-0.1, -0.05) is 0 Å². The highest BCUT2D eigenvalue weighted by atomic mass is 32.2. The van der Waals surface area contributed by atoms with Gasteiger partial charge in [-0.2, -0.15) is 8.42 Å². The molecule has 0 saturated carbocycles. The summed E-state index contributed by atoms with van der Waals surface area (Å²) in [7, 11) is 1.93. The fraction of sp³-hybridized carbons (Fsp3) is 0.438. The van der Waals surface area contributed by atoms with E-state index in [1.165, 1.54) is 0 Å². The van der Waals surface area contributed by atoms with Crippen molar-refractivity contribution in [2.45, 2.75) is 19.4 Å². The number of aryl methyl sites for hydroxylation is 1. The van der Waals surface area contributed by atoms with Crippen LogP contribution in [0.25, 0.3) is 0 Å². The van der Waals surface area contributed by atoms with E-state index in [0.29, 0.717) is 25.2 Å². The third kappa shape index (κ3) is 5.95. The number of benzene rings is 1. The number of anilines is 1. The van der Waals surface area contributed by atoms with E-state index in [0.717, 1.165) is 11.4 Å². The summed E-state index contributed by atoms with van der Waals surface area (Å²) in [6.07, 6.45) is 2.87. The minimum absolute atomic E-state index is 0.229. The molecule has 9 heteroatoms. The number of hydrogen-bond donors (Lipinski definition) is 1. The fourth-order valence-corrected chi connectivity index (χ4v) is 2.90. The van der Waals surface area contributed by atoms with Crippen LogP contribution in [-0.4, -0.2) is 37.5 Å². The van der Waals surface area contributed by atoms with Crippen molar-refractivity contribution in [2.75, 3.05) is 24.7 Å². The van der Waals surface area contributed by atoms with Gasteiger partial charge in [0.25, 0.3) is 10.1 Å². The van der Waals surface area contributed by atoms with Crippen molar-refractivity contribution in [2.24, 2.45) is 17.3 Å². The molecule has 0 unspecified atom stereocenters. The van der Waals surface area contributed by atoms with Crippen LogP contribution in [0.5, 0.6) is 0 Å². The molecule has 136 valence electrons. The van der Waals surface area contributed by atoms with Crippen molar-refractivity contribution in [3.8, 4) is 0 Å². The van der Waals surface area contributed by atoms with Crippen LogP contribution in [-0.2, 0) is 23.7 Å². The van der Waals surface area contributed by atoms with Crippen LogP contribution in [0.2, 0.25) is 0 Å². The Bertz CT molecular complexity index is 826. The number of unbranched alkanes of at least 4 members (excludes halogenated alkanes) is 1. The maximum absolute atomic E-state index is 10.8. The van der Waals surface area contributed by atoms with Gasteiger partial charge in [-0.25, -0.2) is 0 Å². The van der Waals surface area contributed by atoms with E-state index in [-0.39, 0.29) is 5.75 Å². The zero-order valence-corrected chi connectivity index (χ0v) is 15.5. The third-order valence-corrected chi connectivity index (χ3v) is 4.55. The lowest BCUT2D eigenvalue weighted by molar-refractivity contribution is -0.752. The van der Waals surface area contributed by atoms with Crippen molar-refractivity contribution < 1.29 is 17.7 Å². The first kappa shape index (κ1) is 19.1. The highest BCUT2D eigenvalue weighted by molar-refractivity contribution is 7.85. The summed E-state index contributed by atoms with van der Waals surface area (Å²) in [6, 6.07) is 9.60. The maximum atomic E-state index is 10.8. The van der Waals surface area contributed by atoms with E-state index >= 15 is 0 Å². The predicted octanol–water partition coefficient (Wildman–Crippen LogP) is 2.46. The second-order valence-electron chi connectivity index (χ2n) is 5.97. The molecule has 1 heterocycles. The van der Waals surface area contributed by atoms with Gasteiger partial charge in [0.2, 0.25) is 5.82 Å². The maximum Gasteiger partial charge on any atom is 0.264 e. The predicted molar refractivity (Wildman–Crippen MR) is 96.2 cm³/mol. The van der Waals surface area contributed by atoms with E-state index in [1.54, 1.807) is 0 Å². The molecule has 0 aliphatic carbocycles. The number of aromatic nitrogens is 2. The average Bonchev–Trinajstić information content (AvgIpc) is 2.89. The summed E-state index contributed by atoms with van der Waals surface area (Å²) < 4.78 is 34.1. The van der Waals surface area contributed by atoms with E-state index < -0.39 is 10.1 Å². The first-order valence-corrected chi connectivity index (χ1v) is 9.57. The summed E-state index contributed by atoms with van der Waals surface area (Å²) in [5.41, 5.74) is 1.85. The molecule has 1 aromatic carbocycles. The topological polar surface area (TPSA) is 91.1 Å². The van der Waals surface area contributed by atoms with Gasteiger partial charge in [-0.3, -0.25) is 4.55 Å². The molecule has 2 aromatic rings. The molecule has 0 bridgehead atoms. The standard InChI is InChI=1S/C16H23N5O3S/c1-19(2)15-8-6-14(7-9-15)17-18-16-10-12-20(3)21(16)11-4-5-13-25(22,23)24/h6-10,12H,4-5,11,13H2,1-3H3/p+1. The van der Waals surface area contributed by atoms with Gasteiger partial charge in [-0.05, 0) is 37.1 Å². The molecule has 0 aliphatic rings. The monoisotopic (exact) mass is 366 g/mol. The Morgan fingerprint density at radius 1 is 1.12 bits per heavy atom. The Kier molecular flexibility index (Phi) is 6.27. The van der Waals surface area contributed by atoms with Gasteiger partial charge in [0.05, 0.1) is 24.1 Å². The average molecular weight is 366 g/mol. The Morgan fingerprint density at radius 3 is 2.40 bits per heavy atom. The molecule has 8 nitrogen and oxygen atoms in total. The van der Waals surface area contributed by atoms with Crippen molar-refractivity contribution >= 4 is 27.3 Å². The Labute approximate surface area is 148 Å². The lowest BCUT2D eigenvalue weighted by Crippen LogP contribution is -2.38. The molecule has 0 fully saturated rings. The van der Waals surface area contributed by atoms with Gasteiger partial charge in [0.1, 0.15) is 0 Å². The zero-order chi connectivity index (χ0) is 18.4. The summed E-state index contributed by atoms with van der Waals surface area (Å²) in [5.74, 6) is 0.457. The van der Waals surface area contributed by atoms with Crippen LogP contribution >= 0.6 is 0 Å². The molecule has 0 aliphatic heterocycles. The van der Waals surface area contributed by atoms with Gasteiger partial charge in [0, 0.05) is 19.8 Å². The quantitative estimate of drug-likeness (QED) is 0.336. The molecule has 0 atom stereocenters. The Balaban J connectivity index is 2.02. The second-order valence-corrected chi connectivity index (χ2v) is 7.55. The van der Waals surface area contributed by atoms with Crippen LogP contribution in [0.3, 0.4) is 0 Å². The van der Waals surface area contributed by atoms with Crippen molar-refractivity contribution in [1.29, 1.82) is 0 Å². The summed E-state index contributed by atoms with van der Waals surface area (Å²) in [5, 5.41) is 8.54. The van der Waals surface area contributed by atoms with Crippen LogP contribution in [0.15, 0.2) is 46.8 Å². The lowest BCUT2D eigenvalue weighted by atomic mass is 10.3. The van der Waals surface area contributed by atoms with Gasteiger partial charge >= 0.3 is 0 Å². The summed E-state index contributed by atoms with van der Waals surface area (Å²) in [4.78, 5) is 2.01. The molecule has 0 radical (unpaired) electrons. The molecule has 1 aromatic heterocycles. The first-order valence-electron chi connectivity index (χ1n) is 7.96. The Hall–Kier alpha value is -2.26.